The van der Waals surface area contributed by atoms with Crippen molar-refractivity contribution in [2.45, 2.75) is 13.0 Å². The lowest BCUT2D eigenvalue weighted by Gasteiger charge is -2.34. The van der Waals surface area contributed by atoms with Crippen molar-refractivity contribution < 1.29 is 9.59 Å². The Hall–Kier alpha value is -2.08. The van der Waals surface area contributed by atoms with Gasteiger partial charge in [0.05, 0.1) is 0 Å². The Morgan fingerprint density at radius 3 is 2.81 bits per heavy atom. The molecule has 0 aliphatic carbocycles. The highest BCUT2D eigenvalue weighted by molar-refractivity contribution is 5.97. The molecule has 0 bridgehead atoms. The van der Waals surface area contributed by atoms with E-state index in [9.17, 15) is 9.59 Å². The molecule has 1 heterocycles. The first-order valence-electron chi connectivity index (χ1n) is 7.09. The smallest absolute Gasteiger partial charge is 0.321 e. The summed E-state index contributed by atoms with van der Waals surface area (Å²) in [7, 11) is 3.35. The van der Waals surface area contributed by atoms with Gasteiger partial charge in [0.2, 0.25) is 0 Å². The molecule has 1 aliphatic heterocycles. The van der Waals surface area contributed by atoms with E-state index in [-0.39, 0.29) is 18.0 Å². The largest absolute Gasteiger partial charge is 0.333 e. The summed E-state index contributed by atoms with van der Waals surface area (Å²) in [4.78, 5) is 27.5. The molecular formula is C15H22N4O2. The van der Waals surface area contributed by atoms with Gasteiger partial charge in [-0.2, -0.15) is 0 Å². The number of anilines is 1. The van der Waals surface area contributed by atoms with E-state index in [1.807, 2.05) is 11.8 Å². The van der Waals surface area contributed by atoms with E-state index in [4.69, 9.17) is 0 Å². The van der Waals surface area contributed by atoms with Crippen LogP contribution in [0.5, 0.6) is 0 Å². The van der Waals surface area contributed by atoms with Crippen LogP contribution in [0.3, 0.4) is 0 Å². The zero-order valence-corrected chi connectivity index (χ0v) is 12.7. The molecule has 1 saturated heterocycles. The molecule has 1 aromatic carbocycles. The standard InChI is InChI=1S/C15H22N4O2/c1-11-10-16-7-8-19(11)14(20)12-5-4-6-13(9-12)17-15(21)18(2)3/h4-6,9,11,16H,7-8,10H2,1-3H3,(H,17,21)/t11-/m1/s1. The van der Waals surface area contributed by atoms with Crippen LogP contribution in [0, 0.1) is 0 Å². The first-order valence-corrected chi connectivity index (χ1v) is 7.09. The lowest BCUT2D eigenvalue weighted by molar-refractivity contribution is 0.0656. The average Bonchev–Trinajstić information content (AvgIpc) is 2.47. The van der Waals surface area contributed by atoms with Crippen molar-refractivity contribution in [2.24, 2.45) is 0 Å². The number of carbonyl (C=O) groups excluding carboxylic acids is 2. The molecule has 0 saturated carbocycles. The highest BCUT2D eigenvalue weighted by Gasteiger charge is 2.24. The summed E-state index contributed by atoms with van der Waals surface area (Å²) in [5, 5.41) is 6.02. The number of piperazine rings is 1. The van der Waals surface area contributed by atoms with Crippen molar-refractivity contribution in [3.05, 3.63) is 29.8 Å². The minimum atomic E-state index is -0.213. The Labute approximate surface area is 125 Å². The van der Waals surface area contributed by atoms with E-state index in [1.54, 1.807) is 38.4 Å². The van der Waals surface area contributed by atoms with Crippen LogP contribution in [0.15, 0.2) is 24.3 Å². The van der Waals surface area contributed by atoms with Gasteiger partial charge in [0.1, 0.15) is 0 Å². The molecule has 6 heteroatoms. The van der Waals surface area contributed by atoms with Gasteiger partial charge >= 0.3 is 6.03 Å². The number of nitrogens with zero attached hydrogens (tertiary/aromatic N) is 2. The van der Waals surface area contributed by atoms with Gasteiger partial charge < -0.3 is 20.4 Å². The van der Waals surface area contributed by atoms with Crippen LogP contribution in [0.25, 0.3) is 0 Å². The SMILES string of the molecule is C[C@@H]1CNCCN1C(=O)c1cccc(NC(=O)N(C)C)c1. The number of carbonyl (C=O) groups is 2. The molecule has 0 radical (unpaired) electrons. The van der Waals surface area contributed by atoms with E-state index < -0.39 is 0 Å². The van der Waals surface area contributed by atoms with Crippen molar-refractivity contribution in [1.29, 1.82) is 0 Å². The second-order valence-corrected chi connectivity index (χ2v) is 5.46. The Kier molecular flexibility index (Phi) is 4.80. The molecule has 2 N–H and O–H groups in total. The van der Waals surface area contributed by atoms with Gasteiger partial charge in [0.25, 0.3) is 5.91 Å². The third-order valence-electron chi connectivity index (χ3n) is 3.53. The zero-order valence-electron chi connectivity index (χ0n) is 12.7. The second kappa shape index (κ2) is 6.58. The highest BCUT2D eigenvalue weighted by Crippen LogP contribution is 2.15. The third kappa shape index (κ3) is 3.72. The quantitative estimate of drug-likeness (QED) is 0.860. The Bertz CT molecular complexity index is 530. The number of benzene rings is 1. The maximum Gasteiger partial charge on any atom is 0.321 e. The molecule has 1 aromatic rings. The third-order valence-corrected chi connectivity index (χ3v) is 3.53. The van der Waals surface area contributed by atoms with Gasteiger partial charge in [0, 0.05) is 51.0 Å². The summed E-state index contributed by atoms with van der Waals surface area (Å²) in [6, 6.07) is 7.02. The van der Waals surface area contributed by atoms with Crippen LogP contribution in [0.2, 0.25) is 0 Å². The fraction of sp³-hybridized carbons (Fsp3) is 0.467. The van der Waals surface area contributed by atoms with E-state index in [1.165, 1.54) is 4.90 Å². The van der Waals surface area contributed by atoms with Crippen LogP contribution >= 0.6 is 0 Å². The summed E-state index contributed by atoms with van der Waals surface area (Å²) < 4.78 is 0. The van der Waals surface area contributed by atoms with Gasteiger partial charge in [0.15, 0.2) is 0 Å². The number of urea groups is 1. The molecule has 0 aromatic heterocycles. The van der Waals surface area contributed by atoms with Crippen molar-refractivity contribution >= 4 is 17.6 Å². The molecule has 114 valence electrons. The minimum Gasteiger partial charge on any atom is -0.333 e. The van der Waals surface area contributed by atoms with Crippen molar-refractivity contribution in [3.8, 4) is 0 Å². The van der Waals surface area contributed by atoms with E-state index in [2.05, 4.69) is 10.6 Å². The number of rotatable bonds is 2. The summed E-state index contributed by atoms with van der Waals surface area (Å²) in [5.74, 6) is 0.00459. The first-order chi connectivity index (χ1) is 9.99. The van der Waals surface area contributed by atoms with Crippen molar-refractivity contribution in [3.63, 3.8) is 0 Å². The fourth-order valence-electron chi connectivity index (χ4n) is 2.27. The maximum atomic E-state index is 12.6. The molecular weight excluding hydrogens is 268 g/mol. The number of amides is 3. The fourth-order valence-corrected chi connectivity index (χ4v) is 2.27. The second-order valence-electron chi connectivity index (χ2n) is 5.46. The predicted molar refractivity (Wildman–Crippen MR) is 82.5 cm³/mol. The number of nitrogens with one attached hydrogen (secondary N) is 2. The van der Waals surface area contributed by atoms with E-state index in [0.717, 1.165) is 13.1 Å². The molecule has 3 amide bonds. The molecule has 0 unspecified atom stereocenters. The summed E-state index contributed by atoms with van der Waals surface area (Å²) >= 11 is 0. The molecule has 2 rings (SSSR count). The van der Waals surface area contributed by atoms with E-state index >= 15 is 0 Å². The highest BCUT2D eigenvalue weighted by atomic mass is 16.2. The lowest BCUT2D eigenvalue weighted by atomic mass is 10.1. The first kappa shape index (κ1) is 15.3. The molecule has 6 nitrogen and oxygen atoms in total. The number of hydrogen-bond donors (Lipinski definition) is 2. The Balaban J connectivity index is 2.13. The number of hydrogen-bond acceptors (Lipinski definition) is 3. The normalized spacial score (nSPS) is 18.2. The van der Waals surface area contributed by atoms with Crippen molar-refractivity contribution in [1.82, 2.24) is 15.1 Å². The zero-order chi connectivity index (χ0) is 15.4. The molecule has 0 spiro atoms. The Morgan fingerprint density at radius 1 is 1.38 bits per heavy atom. The lowest BCUT2D eigenvalue weighted by Crippen LogP contribution is -2.52. The van der Waals surface area contributed by atoms with Crippen LogP contribution in [-0.4, -0.2) is 61.5 Å². The maximum absolute atomic E-state index is 12.6. The van der Waals surface area contributed by atoms with Crippen molar-refractivity contribution in [2.75, 3.05) is 39.0 Å². The van der Waals surface area contributed by atoms with Crippen LogP contribution in [0.4, 0.5) is 10.5 Å². The Morgan fingerprint density at radius 2 is 2.14 bits per heavy atom. The topological polar surface area (TPSA) is 64.7 Å². The van der Waals surface area contributed by atoms with Gasteiger partial charge in [-0.3, -0.25) is 4.79 Å². The average molecular weight is 290 g/mol. The molecule has 1 aliphatic rings. The van der Waals surface area contributed by atoms with Gasteiger partial charge in [-0.15, -0.1) is 0 Å². The summed E-state index contributed by atoms with van der Waals surface area (Å²) in [6.45, 7) is 4.35. The molecule has 1 atom stereocenters. The molecule has 21 heavy (non-hydrogen) atoms. The molecule has 1 fully saturated rings. The van der Waals surface area contributed by atoms with E-state index in [0.29, 0.717) is 17.8 Å². The van der Waals surface area contributed by atoms with Crippen LogP contribution in [-0.2, 0) is 0 Å². The summed E-state index contributed by atoms with van der Waals surface area (Å²) in [6.07, 6.45) is 0. The van der Waals surface area contributed by atoms with Gasteiger partial charge in [-0.1, -0.05) is 6.07 Å². The van der Waals surface area contributed by atoms with Gasteiger partial charge in [-0.25, -0.2) is 4.79 Å². The van der Waals surface area contributed by atoms with Gasteiger partial charge in [-0.05, 0) is 25.1 Å². The predicted octanol–water partition coefficient (Wildman–Crippen LogP) is 1.21. The van der Waals surface area contributed by atoms with Crippen LogP contribution in [0.1, 0.15) is 17.3 Å². The monoisotopic (exact) mass is 290 g/mol. The minimum absolute atomic E-state index is 0.00459. The summed E-state index contributed by atoms with van der Waals surface area (Å²) in [5.41, 5.74) is 1.22. The van der Waals surface area contributed by atoms with Crippen LogP contribution < -0.4 is 10.6 Å².